The standard InChI is InChI=1S/C43H48F4N8O6.HI/c1-42-17-25(44)20-53(22-42)37-30-19-48-35(34(47)36(30)49-39(50-37)60-23-43-11-6-12-54(43)21-26(45)18-43)29-16-27(61-41(58)55-13-10-32(55)38(56)51(2)3)15-24-8-9-31(46)28(33(24)29)7-5-14-59-40(57)52(42)4;/h8-9,15-16,19,25-26,32H,5-7,10-14,17-18,20-23H2,1-4H3;1H/t25-,26-,32-,42-,43+;/m1./s1. The second kappa shape index (κ2) is 16.7. The minimum Gasteiger partial charge on any atom is -0.461 e. The molecule has 6 bridgehead atoms. The average molecular weight is 977 g/mol. The number of likely N-dealkylation sites (tertiary alicyclic amines) is 1. The molecule has 332 valence electrons. The van der Waals surface area contributed by atoms with Crippen LogP contribution in [0.2, 0.25) is 0 Å². The fraction of sp³-hybridized carbons (Fsp3) is 0.535. The van der Waals surface area contributed by atoms with Crippen molar-refractivity contribution in [3.05, 3.63) is 47.7 Å². The number of hydrogen-bond donors (Lipinski definition) is 0. The van der Waals surface area contributed by atoms with Crippen molar-refractivity contribution in [1.29, 1.82) is 0 Å². The molecule has 3 amide bonds. The van der Waals surface area contributed by atoms with E-state index in [2.05, 4.69) is 14.9 Å². The third kappa shape index (κ3) is 7.69. The first-order valence-electron chi connectivity index (χ1n) is 20.8. The molecular formula is C43H49F4IN8O6. The maximum absolute atomic E-state index is 17.6. The van der Waals surface area contributed by atoms with Crippen LogP contribution in [-0.2, 0) is 16.0 Å². The van der Waals surface area contributed by atoms with E-state index in [0.717, 1.165) is 13.0 Å². The van der Waals surface area contributed by atoms with Gasteiger partial charge in [0.15, 0.2) is 5.82 Å². The van der Waals surface area contributed by atoms with Crippen molar-refractivity contribution < 1.29 is 46.2 Å². The summed E-state index contributed by atoms with van der Waals surface area (Å²) in [5.41, 5.74) is -1.90. The molecule has 0 unspecified atom stereocenters. The van der Waals surface area contributed by atoms with Crippen molar-refractivity contribution >= 4 is 69.6 Å². The third-order valence-electron chi connectivity index (χ3n) is 13.2. The number of likely N-dealkylation sites (N-methyl/N-ethyl adjacent to an activating group) is 2. The highest BCUT2D eigenvalue weighted by Gasteiger charge is 2.50. The van der Waals surface area contributed by atoms with Crippen molar-refractivity contribution in [3.63, 3.8) is 0 Å². The van der Waals surface area contributed by atoms with E-state index in [9.17, 15) is 18.8 Å². The summed E-state index contributed by atoms with van der Waals surface area (Å²) < 4.78 is 82.0. The molecule has 4 fully saturated rings. The van der Waals surface area contributed by atoms with Crippen LogP contribution in [0.3, 0.4) is 0 Å². The molecule has 0 N–H and O–H groups in total. The molecule has 14 nitrogen and oxygen atoms in total. The van der Waals surface area contributed by atoms with E-state index in [1.165, 1.54) is 52.2 Å². The fourth-order valence-corrected chi connectivity index (χ4v) is 9.91. The van der Waals surface area contributed by atoms with Crippen molar-refractivity contribution in [2.75, 3.05) is 72.0 Å². The SMILES string of the molecule is CN(C)C(=O)[C@H]1CCN1C(=O)Oc1cc2c3c(c(F)ccc3c1)CCCOC(=O)N(C)[C@]1(C)C[C@@H](F)CN(C1)c1nc(OC[C@@]34CCCN3C[C@H](F)C4)nc3c(F)c-2ncc13.I. The first-order valence-corrected chi connectivity index (χ1v) is 20.8. The average Bonchev–Trinajstić information content (AvgIpc) is 3.73. The minimum atomic E-state index is -1.43. The van der Waals surface area contributed by atoms with Crippen LogP contribution in [0.25, 0.3) is 32.9 Å². The summed E-state index contributed by atoms with van der Waals surface area (Å²) in [7, 11) is 4.73. The summed E-state index contributed by atoms with van der Waals surface area (Å²) >= 11 is 0. The van der Waals surface area contributed by atoms with E-state index >= 15 is 13.2 Å². The van der Waals surface area contributed by atoms with Crippen LogP contribution in [-0.4, -0.2) is 149 Å². The highest BCUT2D eigenvalue weighted by molar-refractivity contribution is 14.0. The van der Waals surface area contributed by atoms with Crippen LogP contribution >= 0.6 is 24.0 Å². The number of nitrogens with zero attached hydrogens (tertiary/aromatic N) is 8. The molecule has 5 atom stereocenters. The number of aryl methyl sites for hydroxylation is 1. The highest BCUT2D eigenvalue weighted by Crippen LogP contribution is 2.43. The molecule has 0 radical (unpaired) electrons. The van der Waals surface area contributed by atoms with E-state index in [1.807, 2.05) is 0 Å². The summed E-state index contributed by atoms with van der Waals surface area (Å²) in [6.07, 6.45) is -0.0573. The number of ether oxygens (including phenoxy) is 3. The molecule has 2 aromatic heterocycles. The van der Waals surface area contributed by atoms with Crippen LogP contribution in [0.5, 0.6) is 11.8 Å². The van der Waals surface area contributed by atoms with Gasteiger partial charge in [-0.1, -0.05) is 6.07 Å². The number of anilines is 1. The lowest BCUT2D eigenvalue weighted by Crippen LogP contribution is -2.60. The third-order valence-corrected chi connectivity index (χ3v) is 13.2. The Morgan fingerprint density at radius 3 is 2.60 bits per heavy atom. The number of aromatic nitrogens is 3. The maximum Gasteiger partial charge on any atom is 0.415 e. The zero-order valence-electron chi connectivity index (χ0n) is 35.0. The lowest BCUT2D eigenvalue weighted by Gasteiger charge is -2.47. The second-order valence-electron chi connectivity index (χ2n) is 17.5. The van der Waals surface area contributed by atoms with Gasteiger partial charge in [0.25, 0.3) is 0 Å². The zero-order valence-corrected chi connectivity index (χ0v) is 37.3. The Bertz CT molecular complexity index is 2450. The molecule has 0 aliphatic carbocycles. The number of amides is 3. The van der Waals surface area contributed by atoms with Gasteiger partial charge in [0.2, 0.25) is 5.91 Å². The number of hydrogen-bond acceptors (Lipinski definition) is 11. The van der Waals surface area contributed by atoms with E-state index in [1.54, 1.807) is 25.9 Å². The second-order valence-corrected chi connectivity index (χ2v) is 17.5. The van der Waals surface area contributed by atoms with Gasteiger partial charge in [0, 0.05) is 65.4 Å². The van der Waals surface area contributed by atoms with Gasteiger partial charge in [-0.2, -0.15) is 9.97 Å². The summed E-state index contributed by atoms with van der Waals surface area (Å²) in [5, 5.41) is 0.801. The monoisotopic (exact) mass is 976 g/mol. The summed E-state index contributed by atoms with van der Waals surface area (Å²) in [4.78, 5) is 61.4. The number of alkyl halides is 2. The van der Waals surface area contributed by atoms with Crippen LogP contribution in [0, 0.1) is 11.6 Å². The number of rotatable bonds is 5. The largest absolute Gasteiger partial charge is 0.461 e. The van der Waals surface area contributed by atoms with E-state index in [0.29, 0.717) is 24.8 Å². The smallest absolute Gasteiger partial charge is 0.415 e. The quantitative estimate of drug-likeness (QED) is 0.157. The van der Waals surface area contributed by atoms with E-state index in [4.69, 9.17) is 19.2 Å². The lowest BCUT2D eigenvalue weighted by molar-refractivity contribution is -0.137. The summed E-state index contributed by atoms with van der Waals surface area (Å²) in [6.45, 7) is 2.91. The first-order chi connectivity index (χ1) is 29.1. The number of carbonyl (C=O) groups is 3. The molecule has 0 saturated carbocycles. The predicted octanol–water partition coefficient (Wildman–Crippen LogP) is 6.68. The zero-order chi connectivity index (χ0) is 43.0. The van der Waals surface area contributed by atoms with Gasteiger partial charge in [-0.15, -0.1) is 24.0 Å². The first kappa shape index (κ1) is 43.8. The molecule has 10 rings (SSSR count). The number of piperidine rings is 1. The van der Waals surface area contributed by atoms with Gasteiger partial charge in [-0.3, -0.25) is 19.6 Å². The molecule has 4 saturated heterocycles. The Labute approximate surface area is 372 Å². The van der Waals surface area contributed by atoms with E-state index < -0.39 is 53.3 Å². The molecule has 0 spiro atoms. The number of benzene rings is 2. The molecular weight excluding hydrogens is 927 g/mol. The van der Waals surface area contributed by atoms with Crippen LogP contribution in [0.15, 0.2) is 30.5 Å². The van der Waals surface area contributed by atoms with Crippen molar-refractivity contribution in [2.24, 2.45) is 0 Å². The number of fused-ring (bicyclic) bond motifs is 7. The molecule has 2 aromatic carbocycles. The van der Waals surface area contributed by atoms with E-state index in [-0.39, 0.29) is 139 Å². The van der Waals surface area contributed by atoms with Gasteiger partial charge in [0.05, 0.1) is 29.6 Å². The summed E-state index contributed by atoms with van der Waals surface area (Å²) in [6, 6.07) is 4.75. The molecule has 4 aromatic rings. The highest BCUT2D eigenvalue weighted by atomic mass is 127. The van der Waals surface area contributed by atoms with Crippen LogP contribution in [0.4, 0.5) is 33.0 Å². The summed E-state index contributed by atoms with van der Waals surface area (Å²) in [5.74, 6) is -1.67. The Hall–Kier alpha value is -4.79. The van der Waals surface area contributed by atoms with Gasteiger partial charge in [-0.25, -0.2) is 27.2 Å². The number of pyridine rings is 1. The van der Waals surface area contributed by atoms with Gasteiger partial charge in [0.1, 0.15) is 53.6 Å². The maximum atomic E-state index is 17.6. The minimum absolute atomic E-state index is 0. The Balaban J connectivity index is 0.00000529. The molecule has 62 heavy (non-hydrogen) atoms. The van der Waals surface area contributed by atoms with Crippen LogP contribution in [0.1, 0.15) is 51.0 Å². The van der Waals surface area contributed by atoms with Gasteiger partial charge >= 0.3 is 18.2 Å². The Kier molecular flexibility index (Phi) is 11.8. The van der Waals surface area contributed by atoms with Crippen molar-refractivity contribution in [3.8, 4) is 23.0 Å². The topological polar surface area (TPSA) is 134 Å². The predicted molar refractivity (Wildman–Crippen MR) is 232 cm³/mol. The van der Waals surface area contributed by atoms with Gasteiger partial charge < -0.3 is 28.9 Å². The molecule has 19 heteroatoms. The van der Waals surface area contributed by atoms with Crippen molar-refractivity contribution in [2.45, 2.75) is 81.3 Å². The van der Waals surface area contributed by atoms with Gasteiger partial charge in [-0.05, 0) is 80.1 Å². The van der Waals surface area contributed by atoms with Crippen LogP contribution < -0.4 is 14.4 Å². The Morgan fingerprint density at radius 2 is 1.84 bits per heavy atom. The molecule has 8 heterocycles. The molecule has 6 aliphatic heterocycles. The lowest BCUT2D eigenvalue weighted by atomic mass is 9.88. The number of carbonyl (C=O) groups excluding carboxylic acids is 3. The number of halogens is 5. The normalized spacial score (nSPS) is 26.2. The fourth-order valence-electron chi connectivity index (χ4n) is 9.91. The molecule has 6 aliphatic rings. The Morgan fingerprint density at radius 1 is 1.05 bits per heavy atom. The van der Waals surface area contributed by atoms with Crippen molar-refractivity contribution in [1.82, 2.24) is 34.6 Å².